The molecule has 7 nitrogen and oxygen atoms in total. The van der Waals surface area contributed by atoms with E-state index in [-0.39, 0.29) is 19.0 Å². The molecular formula is C34H72O7. The Bertz CT molecular complexity index is 600. The van der Waals surface area contributed by atoms with Gasteiger partial charge in [-0.15, -0.1) is 0 Å². The zero-order valence-corrected chi connectivity index (χ0v) is 28.9. The van der Waals surface area contributed by atoms with E-state index in [0.717, 1.165) is 63.3 Å². The minimum absolute atomic E-state index is 0. The van der Waals surface area contributed by atoms with Gasteiger partial charge in [-0.3, -0.25) is 0 Å². The Hall–Kier alpha value is -0.700. The molecule has 41 heavy (non-hydrogen) atoms. The summed E-state index contributed by atoms with van der Waals surface area (Å²) in [6.07, 6.45) is 5.23. The van der Waals surface area contributed by atoms with Gasteiger partial charge in [-0.1, -0.05) is 69.4 Å². The highest BCUT2D eigenvalue weighted by molar-refractivity contribution is 4.84. The lowest BCUT2D eigenvalue weighted by atomic mass is 10.1. The van der Waals surface area contributed by atoms with Gasteiger partial charge in [0.2, 0.25) is 0 Å². The quantitative estimate of drug-likeness (QED) is 0.156. The predicted molar refractivity (Wildman–Crippen MR) is 173 cm³/mol. The summed E-state index contributed by atoms with van der Waals surface area (Å²) in [5, 5.41) is 0. The highest BCUT2D eigenvalue weighted by Crippen LogP contribution is 2.26. The molecule has 2 unspecified atom stereocenters. The van der Waals surface area contributed by atoms with Crippen molar-refractivity contribution in [2.45, 2.75) is 140 Å². The molecule has 0 saturated carbocycles. The SMILES string of the molecule is C.C=C(OC)C(C)C.CC(C)CC1COC(C)(C)O1.CC(C)CCC1COC(C)(C)O1.COCCOCCC(C)C. The Kier molecular flexibility index (Phi) is 27.0. The third-order valence-corrected chi connectivity index (χ3v) is 6.11. The van der Waals surface area contributed by atoms with Crippen molar-refractivity contribution in [3.63, 3.8) is 0 Å². The van der Waals surface area contributed by atoms with E-state index in [1.807, 2.05) is 41.5 Å². The number of hydrogen-bond donors (Lipinski definition) is 0. The van der Waals surface area contributed by atoms with Gasteiger partial charge >= 0.3 is 0 Å². The first kappa shape index (κ1) is 44.7. The van der Waals surface area contributed by atoms with Crippen molar-refractivity contribution in [3.8, 4) is 0 Å². The fraction of sp³-hybridized carbons (Fsp3) is 0.941. The van der Waals surface area contributed by atoms with Crippen LogP contribution in [0.2, 0.25) is 0 Å². The van der Waals surface area contributed by atoms with Crippen LogP contribution in [-0.4, -0.2) is 71.0 Å². The first-order valence-electron chi connectivity index (χ1n) is 15.4. The molecule has 0 aromatic heterocycles. The molecule has 0 bridgehead atoms. The van der Waals surface area contributed by atoms with E-state index in [1.54, 1.807) is 14.2 Å². The fourth-order valence-corrected chi connectivity index (χ4v) is 3.63. The maximum atomic E-state index is 5.68. The molecule has 7 heteroatoms. The van der Waals surface area contributed by atoms with Gasteiger partial charge < -0.3 is 33.2 Å². The maximum Gasteiger partial charge on any atom is 0.163 e. The standard InChI is InChI=1S/C10H20O2.C9H18O2.C8H18O2.C6H12O.CH4/c1-8(2)5-6-9-7-11-10(3,4)12-9;1-7(2)5-8-6-10-9(3,4)11-8;1-8(2)4-5-10-7-6-9-3;1-5(2)6(3)7-4;/h8-9H,5-7H2,1-4H3;7-8H,5-6H2,1-4H3;8H,4-7H2,1-3H3;5H,3H2,1-2,4H3;1H4. The molecule has 2 aliphatic heterocycles. The van der Waals surface area contributed by atoms with E-state index < -0.39 is 0 Å². The first-order valence-corrected chi connectivity index (χ1v) is 15.4. The van der Waals surface area contributed by atoms with Crippen LogP contribution < -0.4 is 0 Å². The van der Waals surface area contributed by atoms with Gasteiger partial charge in [0, 0.05) is 19.6 Å². The van der Waals surface area contributed by atoms with E-state index in [2.05, 4.69) is 48.1 Å². The zero-order valence-electron chi connectivity index (χ0n) is 28.9. The summed E-state index contributed by atoms with van der Waals surface area (Å²) >= 11 is 0. The molecule has 2 aliphatic rings. The third-order valence-electron chi connectivity index (χ3n) is 6.11. The molecule has 0 spiro atoms. The first-order chi connectivity index (χ1) is 18.4. The van der Waals surface area contributed by atoms with E-state index in [9.17, 15) is 0 Å². The van der Waals surface area contributed by atoms with Crippen molar-refractivity contribution >= 4 is 0 Å². The summed E-state index contributed by atoms with van der Waals surface area (Å²) in [4.78, 5) is 0. The average Bonchev–Trinajstić information content (AvgIpc) is 3.37. The Morgan fingerprint density at radius 2 is 1.22 bits per heavy atom. The Balaban J connectivity index is -0.000000474. The van der Waals surface area contributed by atoms with E-state index >= 15 is 0 Å². The van der Waals surface area contributed by atoms with Crippen molar-refractivity contribution in [2.75, 3.05) is 47.3 Å². The summed E-state index contributed by atoms with van der Waals surface area (Å²) in [7, 11) is 3.33. The second-order valence-corrected chi connectivity index (χ2v) is 13.1. The highest BCUT2D eigenvalue weighted by atomic mass is 16.7. The number of ether oxygens (including phenoxy) is 7. The fourth-order valence-electron chi connectivity index (χ4n) is 3.63. The van der Waals surface area contributed by atoms with Crippen LogP contribution in [0.5, 0.6) is 0 Å². The maximum absolute atomic E-state index is 5.68. The van der Waals surface area contributed by atoms with Crippen LogP contribution in [0.1, 0.15) is 116 Å². The van der Waals surface area contributed by atoms with Gasteiger partial charge in [0.1, 0.15) is 0 Å². The van der Waals surface area contributed by atoms with Crippen LogP contribution in [0.15, 0.2) is 12.3 Å². The third kappa shape index (κ3) is 29.2. The van der Waals surface area contributed by atoms with E-state index in [0.29, 0.717) is 30.7 Å². The predicted octanol–water partition coefficient (Wildman–Crippen LogP) is 8.89. The lowest BCUT2D eigenvalue weighted by Crippen LogP contribution is -2.22. The number of methoxy groups -OCH3 is 2. The Labute approximate surface area is 256 Å². The number of allylic oxidation sites excluding steroid dienone is 1. The summed E-state index contributed by atoms with van der Waals surface area (Å²) < 4.78 is 37.1. The Morgan fingerprint density at radius 3 is 1.54 bits per heavy atom. The van der Waals surface area contributed by atoms with Crippen LogP contribution in [0.4, 0.5) is 0 Å². The van der Waals surface area contributed by atoms with Gasteiger partial charge in [-0.2, -0.15) is 0 Å². The summed E-state index contributed by atoms with van der Waals surface area (Å²) in [6.45, 7) is 32.7. The van der Waals surface area contributed by atoms with Crippen molar-refractivity contribution < 1.29 is 33.2 Å². The minimum Gasteiger partial charge on any atom is -0.501 e. The smallest absolute Gasteiger partial charge is 0.163 e. The molecule has 0 aliphatic carbocycles. The highest BCUT2D eigenvalue weighted by Gasteiger charge is 2.33. The van der Waals surface area contributed by atoms with Crippen molar-refractivity contribution in [3.05, 3.63) is 12.3 Å². The lowest BCUT2D eigenvalue weighted by Gasteiger charge is -2.17. The van der Waals surface area contributed by atoms with Gasteiger partial charge in [-0.05, 0) is 71.1 Å². The second kappa shape index (κ2) is 24.7. The molecule has 2 heterocycles. The zero-order chi connectivity index (χ0) is 31.4. The average molecular weight is 593 g/mol. The largest absolute Gasteiger partial charge is 0.501 e. The normalized spacial score (nSPS) is 20.4. The van der Waals surface area contributed by atoms with Crippen molar-refractivity contribution in [1.29, 1.82) is 0 Å². The van der Waals surface area contributed by atoms with Crippen LogP contribution in [0.3, 0.4) is 0 Å². The van der Waals surface area contributed by atoms with Gasteiger partial charge in [0.15, 0.2) is 11.6 Å². The molecular weight excluding hydrogens is 520 g/mol. The molecule has 0 radical (unpaired) electrons. The van der Waals surface area contributed by atoms with Gasteiger partial charge in [0.25, 0.3) is 0 Å². The van der Waals surface area contributed by atoms with Crippen LogP contribution in [0.25, 0.3) is 0 Å². The Morgan fingerprint density at radius 1 is 0.732 bits per heavy atom. The molecule has 250 valence electrons. The van der Waals surface area contributed by atoms with Gasteiger partial charge in [-0.25, -0.2) is 0 Å². The number of rotatable bonds is 13. The molecule has 0 aromatic rings. The molecule has 2 rings (SSSR count). The summed E-state index contributed by atoms with van der Waals surface area (Å²) in [5.41, 5.74) is 0. The van der Waals surface area contributed by atoms with E-state index in [1.165, 1.54) is 6.42 Å². The lowest BCUT2D eigenvalue weighted by molar-refractivity contribution is -0.140. The minimum atomic E-state index is -0.348. The van der Waals surface area contributed by atoms with Crippen LogP contribution >= 0.6 is 0 Å². The molecule has 0 N–H and O–H groups in total. The van der Waals surface area contributed by atoms with E-state index in [4.69, 9.17) is 33.2 Å². The second-order valence-electron chi connectivity index (χ2n) is 13.1. The molecule has 2 atom stereocenters. The molecule has 2 fully saturated rings. The molecule has 2 saturated heterocycles. The monoisotopic (exact) mass is 593 g/mol. The van der Waals surface area contributed by atoms with Crippen molar-refractivity contribution in [2.24, 2.45) is 23.7 Å². The van der Waals surface area contributed by atoms with Crippen LogP contribution in [-0.2, 0) is 33.2 Å². The summed E-state index contributed by atoms with van der Waals surface area (Å²) in [5.74, 6) is 2.80. The van der Waals surface area contributed by atoms with Crippen molar-refractivity contribution in [1.82, 2.24) is 0 Å². The molecule has 0 aromatic carbocycles. The van der Waals surface area contributed by atoms with Gasteiger partial charge in [0.05, 0.1) is 51.5 Å². The summed E-state index contributed by atoms with van der Waals surface area (Å²) in [6, 6.07) is 0. The topological polar surface area (TPSA) is 64.6 Å². The van der Waals surface area contributed by atoms with Crippen LogP contribution in [0, 0.1) is 23.7 Å². The molecule has 0 amide bonds. The number of hydrogen-bond acceptors (Lipinski definition) is 7.